The normalized spacial score (nSPS) is 11.9. The molecule has 2 rings (SSSR count). The van der Waals surface area contributed by atoms with Crippen molar-refractivity contribution in [2.75, 3.05) is 6.61 Å². The van der Waals surface area contributed by atoms with E-state index in [4.69, 9.17) is 4.74 Å². The molecule has 0 atom stereocenters. The zero-order chi connectivity index (χ0) is 11.6. The van der Waals surface area contributed by atoms with Crippen molar-refractivity contribution < 1.29 is 4.74 Å². The van der Waals surface area contributed by atoms with Crippen LogP contribution in [0.1, 0.15) is 0 Å². The number of rotatable bonds is 4. The number of hydrogen-bond acceptors (Lipinski definition) is 2. The van der Waals surface area contributed by atoms with Gasteiger partial charge in [-0.15, -0.1) is 0 Å². The first-order chi connectivity index (χ1) is 7.54. The second kappa shape index (κ2) is 4.29. The van der Waals surface area contributed by atoms with Crippen LogP contribution in [-0.2, 0) is 0 Å². The molecule has 2 aromatic heterocycles. The number of pyridine rings is 1. The minimum Gasteiger partial charge on any atom is -0.478 e. The maximum absolute atomic E-state index is 5.67. The fourth-order valence-electron chi connectivity index (χ4n) is 1.46. The van der Waals surface area contributed by atoms with Crippen molar-refractivity contribution in [1.82, 2.24) is 9.97 Å². The average Bonchev–Trinajstić information content (AvgIpc) is 2.62. The number of aromatic amines is 1. The lowest BCUT2D eigenvalue weighted by Crippen LogP contribution is -2.22. The Labute approximate surface area is 96.9 Å². The van der Waals surface area contributed by atoms with Crippen molar-refractivity contribution in [3.8, 4) is 5.88 Å². The molecule has 86 valence electrons. The van der Waals surface area contributed by atoms with Crippen molar-refractivity contribution in [1.29, 1.82) is 0 Å². The maximum atomic E-state index is 5.67. The van der Waals surface area contributed by atoms with Crippen LogP contribution < -0.4 is 4.74 Å². The van der Waals surface area contributed by atoms with E-state index in [9.17, 15) is 0 Å². The van der Waals surface area contributed by atoms with Crippen LogP contribution in [0.25, 0.3) is 11.0 Å². The molecule has 0 aliphatic heterocycles. The summed E-state index contributed by atoms with van der Waals surface area (Å²) < 4.78 is 5.67. The van der Waals surface area contributed by atoms with Gasteiger partial charge in [-0.05, 0) is 18.2 Å². The Morgan fingerprint density at radius 1 is 1.25 bits per heavy atom. The monoisotopic (exact) mass is 234 g/mol. The molecule has 0 saturated heterocycles. The first-order valence-electron chi connectivity index (χ1n) is 5.61. The summed E-state index contributed by atoms with van der Waals surface area (Å²) in [6.07, 6.45) is 1.89. The second-order valence-electron chi connectivity index (χ2n) is 5.22. The summed E-state index contributed by atoms with van der Waals surface area (Å²) in [7, 11) is -1.01. The third-order valence-electron chi connectivity index (χ3n) is 2.48. The van der Waals surface area contributed by atoms with Gasteiger partial charge >= 0.3 is 0 Å². The standard InChI is InChI=1S/C12H18N2OSi/c1-16(2,3)9-8-15-12-5-4-10-11(14-12)6-7-13-10/h4-7,13H,8-9H2,1-3H3. The molecule has 0 radical (unpaired) electrons. The van der Waals surface area contributed by atoms with Crippen LogP contribution in [0.5, 0.6) is 5.88 Å². The highest BCUT2D eigenvalue weighted by Gasteiger charge is 2.12. The quantitative estimate of drug-likeness (QED) is 0.824. The molecule has 0 saturated carbocycles. The van der Waals surface area contributed by atoms with E-state index in [2.05, 4.69) is 29.6 Å². The van der Waals surface area contributed by atoms with Gasteiger partial charge in [-0.1, -0.05) is 19.6 Å². The molecular formula is C12H18N2OSi. The van der Waals surface area contributed by atoms with E-state index in [1.165, 1.54) is 6.04 Å². The largest absolute Gasteiger partial charge is 0.478 e. The Morgan fingerprint density at radius 3 is 2.81 bits per heavy atom. The van der Waals surface area contributed by atoms with Crippen molar-refractivity contribution >= 4 is 19.1 Å². The molecule has 4 heteroatoms. The lowest BCUT2D eigenvalue weighted by Gasteiger charge is -2.15. The lowest BCUT2D eigenvalue weighted by molar-refractivity contribution is 0.326. The minimum absolute atomic E-state index is 0.727. The van der Waals surface area contributed by atoms with Crippen LogP contribution in [0.3, 0.4) is 0 Å². The van der Waals surface area contributed by atoms with E-state index in [0.717, 1.165) is 23.5 Å². The van der Waals surface area contributed by atoms with Gasteiger partial charge in [0.1, 0.15) is 0 Å². The van der Waals surface area contributed by atoms with E-state index in [1.807, 2.05) is 24.4 Å². The molecule has 0 aromatic carbocycles. The Kier molecular flexibility index (Phi) is 3.00. The van der Waals surface area contributed by atoms with E-state index >= 15 is 0 Å². The third-order valence-corrected chi connectivity index (χ3v) is 4.19. The minimum atomic E-state index is -1.01. The second-order valence-corrected chi connectivity index (χ2v) is 10.8. The fraction of sp³-hybridized carbons (Fsp3) is 0.417. The summed E-state index contributed by atoms with van der Waals surface area (Å²) in [5, 5.41) is 0. The summed E-state index contributed by atoms with van der Waals surface area (Å²) >= 11 is 0. The van der Waals surface area contributed by atoms with Gasteiger partial charge in [0.05, 0.1) is 17.6 Å². The molecule has 2 heterocycles. The molecule has 3 nitrogen and oxygen atoms in total. The molecule has 0 aliphatic carbocycles. The van der Waals surface area contributed by atoms with Gasteiger partial charge in [0.15, 0.2) is 0 Å². The van der Waals surface area contributed by atoms with Crippen LogP contribution in [-0.4, -0.2) is 24.6 Å². The molecule has 0 unspecified atom stereocenters. The van der Waals surface area contributed by atoms with Crippen molar-refractivity contribution in [3.05, 3.63) is 24.4 Å². The molecular weight excluding hydrogens is 216 g/mol. The van der Waals surface area contributed by atoms with Crippen molar-refractivity contribution in [2.45, 2.75) is 25.7 Å². The molecule has 1 N–H and O–H groups in total. The number of fused-ring (bicyclic) bond motifs is 1. The summed E-state index contributed by atoms with van der Waals surface area (Å²) in [5.41, 5.74) is 2.02. The summed E-state index contributed by atoms with van der Waals surface area (Å²) in [6.45, 7) is 7.82. The van der Waals surface area contributed by atoms with E-state index in [-0.39, 0.29) is 0 Å². The van der Waals surface area contributed by atoms with Gasteiger partial charge in [0, 0.05) is 20.3 Å². The first kappa shape index (κ1) is 11.2. The molecule has 0 spiro atoms. The average molecular weight is 234 g/mol. The number of ether oxygens (including phenoxy) is 1. The Hall–Kier alpha value is -1.29. The topological polar surface area (TPSA) is 37.9 Å². The lowest BCUT2D eigenvalue weighted by atomic mass is 10.4. The van der Waals surface area contributed by atoms with Crippen molar-refractivity contribution in [3.63, 3.8) is 0 Å². The van der Waals surface area contributed by atoms with Crippen LogP contribution in [0.15, 0.2) is 24.4 Å². The number of H-pyrrole nitrogens is 1. The fourth-order valence-corrected chi connectivity index (χ4v) is 2.17. The van der Waals surface area contributed by atoms with Gasteiger partial charge in [0.25, 0.3) is 0 Å². The van der Waals surface area contributed by atoms with Gasteiger partial charge < -0.3 is 9.72 Å². The molecule has 0 aliphatic rings. The third kappa shape index (κ3) is 2.85. The van der Waals surface area contributed by atoms with Crippen LogP contribution in [0.4, 0.5) is 0 Å². The Balaban J connectivity index is 1.99. The van der Waals surface area contributed by atoms with E-state index in [0.29, 0.717) is 0 Å². The van der Waals surface area contributed by atoms with E-state index < -0.39 is 8.07 Å². The highest BCUT2D eigenvalue weighted by molar-refractivity contribution is 6.76. The summed E-state index contributed by atoms with van der Waals surface area (Å²) in [5.74, 6) is 0.727. The zero-order valence-corrected chi connectivity index (χ0v) is 11.1. The van der Waals surface area contributed by atoms with Crippen LogP contribution in [0, 0.1) is 0 Å². The number of nitrogens with zero attached hydrogens (tertiary/aromatic N) is 1. The van der Waals surface area contributed by atoms with Crippen molar-refractivity contribution in [2.24, 2.45) is 0 Å². The number of aromatic nitrogens is 2. The maximum Gasteiger partial charge on any atom is 0.213 e. The van der Waals surface area contributed by atoms with Gasteiger partial charge in [0.2, 0.25) is 5.88 Å². The molecule has 0 bridgehead atoms. The Bertz CT molecular complexity index is 473. The molecule has 16 heavy (non-hydrogen) atoms. The van der Waals surface area contributed by atoms with Crippen LogP contribution in [0.2, 0.25) is 25.7 Å². The van der Waals surface area contributed by atoms with Gasteiger partial charge in [-0.2, -0.15) is 0 Å². The Morgan fingerprint density at radius 2 is 2.06 bits per heavy atom. The molecule has 0 amide bonds. The molecule has 0 fully saturated rings. The first-order valence-corrected chi connectivity index (χ1v) is 9.32. The highest BCUT2D eigenvalue weighted by atomic mass is 28.3. The molecule has 2 aromatic rings. The summed E-state index contributed by atoms with van der Waals surface area (Å²) in [6, 6.07) is 7.05. The highest BCUT2D eigenvalue weighted by Crippen LogP contribution is 2.16. The number of hydrogen-bond donors (Lipinski definition) is 1. The zero-order valence-electron chi connectivity index (χ0n) is 10.1. The van der Waals surface area contributed by atoms with Crippen LogP contribution >= 0.6 is 0 Å². The number of nitrogens with one attached hydrogen (secondary N) is 1. The van der Waals surface area contributed by atoms with Gasteiger partial charge in [-0.3, -0.25) is 0 Å². The summed E-state index contributed by atoms with van der Waals surface area (Å²) in [4.78, 5) is 7.53. The predicted molar refractivity (Wildman–Crippen MR) is 69.7 cm³/mol. The predicted octanol–water partition coefficient (Wildman–Crippen LogP) is 3.28. The SMILES string of the molecule is C[Si](C)(C)CCOc1ccc2[nH]ccc2n1. The van der Waals surface area contributed by atoms with E-state index in [1.54, 1.807) is 0 Å². The van der Waals surface area contributed by atoms with Gasteiger partial charge in [-0.25, -0.2) is 4.98 Å². The smallest absolute Gasteiger partial charge is 0.213 e.